The van der Waals surface area contributed by atoms with Crippen LogP contribution in [-0.2, 0) is 6.54 Å². The van der Waals surface area contributed by atoms with E-state index in [0.29, 0.717) is 45.9 Å². The topological polar surface area (TPSA) is 154 Å². The molecule has 36 heavy (non-hydrogen) atoms. The molecule has 0 radical (unpaired) electrons. The number of fused-ring (bicyclic) bond motifs is 1. The van der Waals surface area contributed by atoms with Gasteiger partial charge in [-0.05, 0) is 43.7 Å². The number of nitro groups is 1. The third-order valence-corrected chi connectivity index (χ3v) is 5.83. The molecule has 180 valence electrons. The Morgan fingerprint density at radius 3 is 2.61 bits per heavy atom. The molecule has 3 heterocycles. The number of aryl methyl sites for hydroxylation is 1. The molecule has 12 heteroatoms. The zero-order chi connectivity index (χ0) is 25.4. The number of anilines is 1. The van der Waals surface area contributed by atoms with Crippen LogP contribution < -0.4 is 10.9 Å². The minimum absolute atomic E-state index is 0.00873. The van der Waals surface area contributed by atoms with E-state index in [1.54, 1.807) is 67.1 Å². The lowest BCUT2D eigenvalue weighted by atomic mass is 10.1. The lowest BCUT2D eigenvalue weighted by Crippen LogP contribution is -2.14. The predicted octanol–water partition coefficient (Wildman–Crippen LogP) is 3.13. The Morgan fingerprint density at radius 2 is 1.89 bits per heavy atom. The van der Waals surface area contributed by atoms with Gasteiger partial charge in [0.15, 0.2) is 5.65 Å². The van der Waals surface area contributed by atoms with Crippen LogP contribution in [0.4, 0.5) is 11.4 Å². The van der Waals surface area contributed by atoms with Crippen LogP contribution in [0.2, 0.25) is 0 Å². The summed E-state index contributed by atoms with van der Waals surface area (Å²) >= 11 is 0. The Kier molecular flexibility index (Phi) is 5.60. The van der Waals surface area contributed by atoms with Crippen molar-refractivity contribution in [2.45, 2.75) is 20.4 Å². The standard InChI is InChI=1S/C24H20N8O4/c1-14-21(32(35)36)15(2)30(29-14)12-16-7-9-17(10-8-16)23(33)28-19-5-3-4-6-20(19)31-22-18(11-27-31)24(34)26-13-25-22/h3-11,13H,12H2,1-2H3,(H,28,33)(H,25,26,34). The largest absolute Gasteiger partial charge is 0.320 e. The number of benzene rings is 2. The monoisotopic (exact) mass is 484 g/mol. The second-order valence-corrected chi connectivity index (χ2v) is 8.13. The molecule has 0 saturated carbocycles. The lowest BCUT2D eigenvalue weighted by molar-refractivity contribution is -0.386. The number of aromatic nitrogens is 6. The van der Waals surface area contributed by atoms with Crippen LogP contribution in [0.25, 0.3) is 16.7 Å². The highest BCUT2D eigenvalue weighted by atomic mass is 16.6. The van der Waals surface area contributed by atoms with Crippen molar-refractivity contribution in [3.8, 4) is 5.69 Å². The number of rotatable bonds is 6. The van der Waals surface area contributed by atoms with Crippen molar-refractivity contribution in [1.82, 2.24) is 29.5 Å². The molecular formula is C24H20N8O4. The molecular weight excluding hydrogens is 464 g/mol. The Bertz CT molecular complexity index is 1680. The van der Waals surface area contributed by atoms with Crippen LogP contribution in [0.15, 0.2) is 65.8 Å². The highest BCUT2D eigenvalue weighted by Gasteiger charge is 2.22. The molecule has 1 amide bonds. The van der Waals surface area contributed by atoms with Gasteiger partial charge in [0, 0.05) is 5.56 Å². The number of hydrogen-bond donors (Lipinski definition) is 2. The minimum Gasteiger partial charge on any atom is -0.320 e. The first-order valence-corrected chi connectivity index (χ1v) is 10.9. The summed E-state index contributed by atoms with van der Waals surface area (Å²) in [5, 5.41) is 23.0. The lowest BCUT2D eigenvalue weighted by Gasteiger charge is -2.12. The third-order valence-electron chi connectivity index (χ3n) is 5.83. The van der Waals surface area contributed by atoms with E-state index >= 15 is 0 Å². The summed E-state index contributed by atoms with van der Waals surface area (Å²) in [6.45, 7) is 3.60. The third kappa shape index (κ3) is 4.00. The van der Waals surface area contributed by atoms with Gasteiger partial charge < -0.3 is 10.3 Å². The summed E-state index contributed by atoms with van der Waals surface area (Å²) in [6, 6.07) is 14.0. The zero-order valence-electron chi connectivity index (χ0n) is 19.3. The second kappa shape index (κ2) is 8.91. The molecule has 2 N–H and O–H groups in total. The van der Waals surface area contributed by atoms with Crippen LogP contribution in [0.1, 0.15) is 27.3 Å². The number of para-hydroxylation sites is 2. The molecule has 0 aliphatic heterocycles. The first-order chi connectivity index (χ1) is 17.3. The molecule has 0 bridgehead atoms. The molecule has 0 spiro atoms. The Balaban J connectivity index is 1.37. The van der Waals surface area contributed by atoms with Gasteiger partial charge in [-0.1, -0.05) is 24.3 Å². The van der Waals surface area contributed by atoms with E-state index < -0.39 is 4.92 Å². The molecule has 0 saturated heterocycles. The molecule has 0 unspecified atom stereocenters. The second-order valence-electron chi connectivity index (χ2n) is 8.13. The molecule has 12 nitrogen and oxygen atoms in total. The van der Waals surface area contributed by atoms with Crippen molar-refractivity contribution in [2.75, 3.05) is 5.32 Å². The maximum Gasteiger partial charge on any atom is 0.312 e. The van der Waals surface area contributed by atoms with Crippen molar-refractivity contribution in [1.29, 1.82) is 0 Å². The van der Waals surface area contributed by atoms with E-state index in [1.165, 1.54) is 17.2 Å². The van der Waals surface area contributed by atoms with Gasteiger partial charge >= 0.3 is 5.69 Å². The van der Waals surface area contributed by atoms with Gasteiger partial charge in [-0.3, -0.25) is 24.4 Å². The van der Waals surface area contributed by atoms with Crippen molar-refractivity contribution < 1.29 is 9.72 Å². The predicted molar refractivity (Wildman–Crippen MR) is 131 cm³/mol. The van der Waals surface area contributed by atoms with E-state index in [9.17, 15) is 19.7 Å². The Morgan fingerprint density at radius 1 is 1.14 bits per heavy atom. The van der Waals surface area contributed by atoms with Gasteiger partial charge in [0.05, 0.1) is 35.4 Å². The van der Waals surface area contributed by atoms with E-state index in [0.717, 1.165) is 5.56 Å². The van der Waals surface area contributed by atoms with Crippen LogP contribution >= 0.6 is 0 Å². The quantitative estimate of drug-likeness (QED) is 0.277. The van der Waals surface area contributed by atoms with Crippen molar-refractivity contribution in [2.24, 2.45) is 0 Å². The highest BCUT2D eigenvalue weighted by Crippen LogP contribution is 2.24. The van der Waals surface area contributed by atoms with Crippen molar-refractivity contribution >= 4 is 28.3 Å². The zero-order valence-corrected chi connectivity index (χ0v) is 19.3. The van der Waals surface area contributed by atoms with Gasteiger partial charge in [-0.25, -0.2) is 9.67 Å². The molecule has 0 fully saturated rings. The first-order valence-electron chi connectivity index (χ1n) is 10.9. The number of nitrogens with zero attached hydrogens (tertiary/aromatic N) is 6. The molecule has 0 aliphatic carbocycles. The van der Waals surface area contributed by atoms with Crippen LogP contribution in [0, 0.1) is 24.0 Å². The maximum atomic E-state index is 13.0. The minimum atomic E-state index is -0.431. The van der Waals surface area contributed by atoms with Crippen molar-refractivity contribution in [3.63, 3.8) is 0 Å². The smallest absolute Gasteiger partial charge is 0.312 e. The summed E-state index contributed by atoms with van der Waals surface area (Å²) in [5.74, 6) is -0.335. The maximum absolute atomic E-state index is 13.0. The van der Waals surface area contributed by atoms with Gasteiger partial charge in [0.25, 0.3) is 11.5 Å². The molecule has 3 aromatic heterocycles. The molecule has 0 aliphatic rings. The number of hydrogen-bond acceptors (Lipinski definition) is 7. The summed E-state index contributed by atoms with van der Waals surface area (Å²) < 4.78 is 3.07. The van der Waals surface area contributed by atoms with E-state index in [2.05, 4.69) is 25.5 Å². The number of carbonyl (C=O) groups excluding carboxylic acids is 1. The number of carbonyl (C=O) groups is 1. The van der Waals surface area contributed by atoms with Crippen LogP contribution in [0.3, 0.4) is 0 Å². The summed E-state index contributed by atoms with van der Waals surface area (Å²) in [7, 11) is 0. The SMILES string of the molecule is Cc1nn(Cc2ccc(C(=O)Nc3ccccc3-n3ncc4c(=O)[nH]cnc43)cc2)c(C)c1[N+](=O)[O-]. The Hall–Kier alpha value is -5.13. The summed E-state index contributed by atoms with van der Waals surface area (Å²) in [5.41, 5.74) is 3.22. The molecule has 5 aromatic rings. The first kappa shape index (κ1) is 22.7. The molecule has 2 aromatic carbocycles. The van der Waals surface area contributed by atoms with Gasteiger partial charge in [0.1, 0.15) is 16.8 Å². The van der Waals surface area contributed by atoms with E-state index in [-0.39, 0.29) is 17.2 Å². The van der Waals surface area contributed by atoms with Gasteiger partial charge in [0.2, 0.25) is 0 Å². The Labute approximate surface area is 203 Å². The van der Waals surface area contributed by atoms with E-state index in [1.807, 2.05) is 0 Å². The normalized spacial score (nSPS) is 11.1. The summed E-state index contributed by atoms with van der Waals surface area (Å²) in [4.78, 5) is 42.6. The van der Waals surface area contributed by atoms with Gasteiger partial charge in [-0.2, -0.15) is 10.2 Å². The fourth-order valence-electron chi connectivity index (χ4n) is 4.03. The fraction of sp³-hybridized carbons (Fsp3) is 0.125. The van der Waals surface area contributed by atoms with Crippen LogP contribution in [0.5, 0.6) is 0 Å². The highest BCUT2D eigenvalue weighted by molar-refractivity contribution is 6.05. The average molecular weight is 484 g/mol. The van der Waals surface area contributed by atoms with Crippen LogP contribution in [-0.4, -0.2) is 40.4 Å². The molecule has 5 rings (SSSR count). The van der Waals surface area contributed by atoms with Crippen molar-refractivity contribution in [3.05, 3.63) is 104 Å². The number of nitrogens with one attached hydrogen (secondary N) is 2. The number of amides is 1. The molecule has 0 atom stereocenters. The van der Waals surface area contributed by atoms with E-state index in [4.69, 9.17) is 0 Å². The fourth-order valence-corrected chi connectivity index (χ4v) is 4.03. The number of aromatic amines is 1. The average Bonchev–Trinajstić information content (AvgIpc) is 3.41. The number of H-pyrrole nitrogens is 1. The van der Waals surface area contributed by atoms with Gasteiger partial charge in [-0.15, -0.1) is 0 Å². The summed E-state index contributed by atoms with van der Waals surface area (Å²) in [6.07, 6.45) is 2.73.